The number of nitrogens with one attached hydrogen (secondary N) is 1. The average molecular weight is 339 g/mol. The Morgan fingerprint density at radius 3 is 2.62 bits per heavy atom. The van der Waals surface area contributed by atoms with Gasteiger partial charge in [0, 0.05) is 27.8 Å². The second-order valence-electron chi connectivity index (χ2n) is 4.83. The Kier molecular flexibility index (Phi) is 5.45. The van der Waals surface area contributed by atoms with Crippen LogP contribution in [0.3, 0.4) is 0 Å². The lowest BCUT2D eigenvalue weighted by Crippen LogP contribution is -2.14. The predicted molar refractivity (Wildman–Crippen MR) is 95.7 cm³/mol. The molecule has 2 aromatic carbocycles. The molecular formula is C16H16Cl2N2S. The first kappa shape index (κ1) is 16.1. The zero-order valence-corrected chi connectivity index (χ0v) is 13.9. The van der Waals surface area contributed by atoms with Crippen LogP contribution in [0.15, 0.2) is 36.4 Å². The van der Waals surface area contributed by atoms with E-state index in [0.29, 0.717) is 15.0 Å². The summed E-state index contributed by atoms with van der Waals surface area (Å²) in [5.74, 6) is 0. The van der Waals surface area contributed by atoms with Gasteiger partial charge in [-0.2, -0.15) is 0 Å². The van der Waals surface area contributed by atoms with Gasteiger partial charge >= 0.3 is 0 Å². The standard InChI is InChI=1S/C16H16Cl2N2S/c1-10-2-5-15(13(8-10)16(19)21)20-7-6-11-3-4-12(17)9-14(11)18/h2-5,8-9,20H,6-7H2,1H3,(H2,19,21). The number of hydrogen-bond donors (Lipinski definition) is 2. The van der Waals surface area contributed by atoms with Crippen LogP contribution < -0.4 is 11.1 Å². The average Bonchev–Trinajstić information content (AvgIpc) is 2.42. The lowest BCUT2D eigenvalue weighted by atomic mass is 10.1. The molecule has 0 heterocycles. The summed E-state index contributed by atoms with van der Waals surface area (Å²) in [5.41, 5.74) is 9.76. The fraction of sp³-hybridized carbons (Fsp3) is 0.188. The minimum absolute atomic E-state index is 0.394. The van der Waals surface area contributed by atoms with Crippen LogP contribution in [0.5, 0.6) is 0 Å². The molecule has 21 heavy (non-hydrogen) atoms. The van der Waals surface area contributed by atoms with E-state index < -0.39 is 0 Å². The van der Waals surface area contributed by atoms with E-state index in [-0.39, 0.29) is 0 Å². The predicted octanol–water partition coefficient (Wildman–Crippen LogP) is 4.59. The third kappa shape index (κ3) is 4.34. The lowest BCUT2D eigenvalue weighted by molar-refractivity contribution is 1.02. The SMILES string of the molecule is Cc1ccc(NCCc2ccc(Cl)cc2Cl)c(C(N)=S)c1. The summed E-state index contributed by atoms with van der Waals surface area (Å²) in [6, 6.07) is 11.5. The Morgan fingerprint density at radius 1 is 1.19 bits per heavy atom. The first-order valence-corrected chi connectivity index (χ1v) is 7.72. The van der Waals surface area contributed by atoms with Crippen LogP contribution in [-0.4, -0.2) is 11.5 Å². The monoisotopic (exact) mass is 338 g/mol. The van der Waals surface area contributed by atoms with E-state index in [9.17, 15) is 0 Å². The van der Waals surface area contributed by atoms with E-state index in [1.165, 1.54) is 0 Å². The topological polar surface area (TPSA) is 38.0 Å². The van der Waals surface area contributed by atoms with Gasteiger partial charge in [-0.05, 0) is 43.2 Å². The lowest BCUT2D eigenvalue weighted by Gasteiger charge is -2.12. The van der Waals surface area contributed by atoms with Crippen molar-refractivity contribution in [3.05, 3.63) is 63.1 Å². The number of nitrogens with two attached hydrogens (primary N) is 1. The molecule has 5 heteroatoms. The van der Waals surface area contributed by atoms with Crippen molar-refractivity contribution in [2.24, 2.45) is 5.73 Å². The van der Waals surface area contributed by atoms with Crippen molar-refractivity contribution < 1.29 is 0 Å². The molecule has 0 spiro atoms. The molecule has 110 valence electrons. The molecule has 0 bridgehead atoms. The highest BCUT2D eigenvalue weighted by Crippen LogP contribution is 2.22. The molecule has 0 aromatic heterocycles. The van der Waals surface area contributed by atoms with Crippen LogP contribution in [0.1, 0.15) is 16.7 Å². The summed E-state index contributed by atoms with van der Waals surface area (Å²) in [6.07, 6.45) is 0.792. The molecule has 0 aliphatic carbocycles. The Bertz CT molecular complexity index is 671. The normalized spacial score (nSPS) is 10.4. The third-order valence-electron chi connectivity index (χ3n) is 3.17. The number of hydrogen-bond acceptors (Lipinski definition) is 2. The zero-order chi connectivity index (χ0) is 15.4. The highest BCUT2D eigenvalue weighted by Gasteiger charge is 2.06. The fourth-order valence-corrected chi connectivity index (χ4v) is 2.74. The smallest absolute Gasteiger partial charge is 0.106 e. The van der Waals surface area contributed by atoms with E-state index in [4.69, 9.17) is 41.2 Å². The summed E-state index contributed by atoms with van der Waals surface area (Å²) < 4.78 is 0. The molecule has 3 N–H and O–H groups in total. The van der Waals surface area contributed by atoms with Crippen LogP contribution in [0.4, 0.5) is 5.69 Å². The molecule has 0 unspecified atom stereocenters. The largest absolute Gasteiger partial charge is 0.389 e. The summed E-state index contributed by atoms with van der Waals surface area (Å²) in [6.45, 7) is 2.75. The molecule has 0 radical (unpaired) electrons. The highest BCUT2D eigenvalue weighted by atomic mass is 35.5. The minimum atomic E-state index is 0.394. The number of benzene rings is 2. The minimum Gasteiger partial charge on any atom is -0.389 e. The van der Waals surface area contributed by atoms with Crippen molar-refractivity contribution in [3.63, 3.8) is 0 Å². The van der Waals surface area contributed by atoms with E-state index in [2.05, 4.69) is 5.32 Å². The summed E-state index contributed by atoms with van der Waals surface area (Å²) in [7, 11) is 0. The highest BCUT2D eigenvalue weighted by molar-refractivity contribution is 7.80. The van der Waals surface area contributed by atoms with E-state index >= 15 is 0 Å². The number of aryl methyl sites for hydroxylation is 1. The van der Waals surface area contributed by atoms with Gasteiger partial charge in [-0.3, -0.25) is 0 Å². The second kappa shape index (κ2) is 7.12. The van der Waals surface area contributed by atoms with Crippen LogP contribution in [-0.2, 0) is 6.42 Å². The van der Waals surface area contributed by atoms with E-state index in [1.807, 2.05) is 37.3 Å². The molecular weight excluding hydrogens is 323 g/mol. The maximum Gasteiger partial charge on any atom is 0.106 e. The van der Waals surface area contributed by atoms with Gasteiger partial charge in [0.2, 0.25) is 0 Å². The van der Waals surface area contributed by atoms with Crippen molar-refractivity contribution in [2.45, 2.75) is 13.3 Å². The molecule has 0 fully saturated rings. The number of rotatable bonds is 5. The van der Waals surface area contributed by atoms with Gasteiger partial charge < -0.3 is 11.1 Å². The molecule has 0 saturated carbocycles. The van der Waals surface area contributed by atoms with Crippen molar-refractivity contribution in [2.75, 3.05) is 11.9 Å². The fourth-order valence-electron chi connectivity index (χ4n) is 2.07. The molecule has 0 aliphatic heterocycles. The van der Waals surface area contributed by atoms with Crippen molar-refractivity contribution in [1.29, 1.82) is 0 Å². The van der Waals surface area contributed by atoms with Crippen molar-refractivity contribution >= 4 is 46.1 Å². The van der Waals surface area contributed by atoms with Gasteiger partial charge in [0.25, 0.3) is 0 Å². The molecule has 2 rings (SSSR count). The third-order valence-corrected chi connectivity index (χ3v) is 3.97. The number of thiocarbonyl (C=S) groups is 1. The van der Waals surface area contributed by atoms with Crippen LogP contribution >= 0.6 is 35.4 Å². The molecule has 0 amide bonds. The first-order valence-electron chi connectivity index (χ1n) is 6.55. The van der Waals surface area contributed by atoms with Crippen LogP contribution in [0, 0.1) is 6.92 Å². The van der Waals surface area contributed by atoms with E-state index in [1.54, 1.807) is 6.07 Å². The van der Waals surface area contributed by atoms with Crippen molar-refractivity contribution in [1.82, 2.24) is 0 Å². The van der Waals surface area contributed by atoms with Crippen LogP contribution in [0.25, 0.3) is 0 Å². The first-order chi connectivity index (χ1) is 9.97. The zero-order valence-electron chi connectivity index (χ0n) is 11.6. The summed E-state index contributed by atoms with van der Waals surface area (Å²) in [5, 5.41) is 4.68. The summed E-state index contributed by atoms with van der Waals surface area (Å²) >= 11 is 17.1. The number of anilines is 1. The second-order valence-corrected chi connectivity index (χ2v) is 6.11. The molecule has 2 nitrogen and oxygen atoms in total. The molecule has 2 aromatic rings. The Labute approximate surface area is 140 Å². The van der Waals surface area contributed by atoms with Gasteiger partial charge in [-0.1, -0.05) is 53.1 Å². The van der Waals surface area contributed by atoms with E-state index in [0.717, 1.165) is 35.3 Å². The van der Waals surface area contributed by atoms with Crippen molar-refractivity contribution in [3.8, 4) is 0 Å². The Balaban J connectivity index is 2.05. The quantitative estimate of drug-likeness (QED) is 0.783. The Morgan fingerprint density at radius 2 is 1.95 bits per heavy atom. The van der Waals surface area contributed by atoms with Gasteiger partial charge in [-0.15, -0.1) is 0 Å². The molecule has 0 atom stereocenters. The molecule has 0 saturated heterocycles. The van der Waals surface area contributed by atoms with Gasteiger partial charge in [0.05, 0.1) is 0 Å². The van der Waals surface area contributed by atoms with Gasteiger partial charge in [0.1, 0.15) is 4.99 Å². The van der Waals surface area contributed by atoms with Gasteiger partial charge in [0.15, 0.2) is 0 Å². The maximum absolute atomic E-state index is 6.16. The van der Waals surface area contributed by atoms with Gasteiger partial charge in [-0.25, -0.2) is 0 Å². The molecule has 0 aliphatic rings. The Hall–Kier alpha value is -1.29. The van der Waals surface area contributed by atoms with Crippen LogP contribution in [0.2, 0.25) is 10.0 Å². The number of halogens is 2. The summed E-state index contributed by atoms with van der Waals surface area (Å²) in [4.78, 5) is 0.394. The maximum atomic E-state index is 6.16.